The molecular formula is C16H30N2O. The van der Waals surface area contributed by atoms with Crippen LogP contribution >= 0.6 is 0 Å². The number of ether oxygens (including phenoxy) is 1. The average Bonchev–Trinajstić information content (AvgIpc) is 2.87. The van der Waals surface area contributed by atoms with Crippen LogP contribution in [0.4, 0.5) is 0 Å². The predicted molar refractivity (Wildman–Crippen MR) is 78.4 cm³/mol. The molecule has 2 aliphatic heterocycles. The van der Waals surface area contributed by atoms with Gasteiger partial charge >= 0.3 is 0 Å². The van der Waals surface area contributed by atoms with Crippen LogP contribution in [0.3, 0.4) is 0 Å². The largest absolute Gasteiger partial charge is 0.375 e. The molecule has 0 aromatic carbocycles. The Kier molecular flexibility index (Phi) is 4.16. The van der Waals surface area contributed by atoms with Gasteiger partial charge in [-0.05, 0) is 65.3 Å². The van der Waals surface area contributed by atoms with Crippen molar-refractivity contribution in [3.8, 4) is 0 Å². The molecule has 3 rings (SSSR count). The summed E-state index contributed by atoms with van der Waals surface area (Å²) in [5, 5.41) is 3.66. The maximum atomic E-state index is 6.09. The van der Waals surface area contributed by atoms with Gasteiger partial charge in [0.15, 0.2) is 0 Å². The van der Waals surface area contributed by atoms with Crippen molar-refractivity contribution in [2.75, 3.05) is 19.7 Å². The van der Waals surface area contributed by atoms with Gasteiger partial charge in [-0.25, -0.2) is 0 Å². The average molecular weight is 266 g/mol. The minimum absolute atomic E-state index is 0.277. The Morgan fingerprint density at radius 2 is 2.11 bits per heavy atom. The number of rotatable bonds is 4. The van der Waals surface area contributed by atoms with E-state index in [2.05, 4.69) is 24.1 Å². The zero-order chi connectivity index (χ0) is 13.3. The Balaban J connectivity index is 1.61. The third-order valence-corrected chi connectivity index (χ3v) is 5.46. The summed E-state index contributed by atoms with van der Waals surface area (Å²) >= 11 is 0. The van der Waals surface area contributed by atoms with E-state index in [0.29, 0.717) is 6.04 Å². The number of nitrogens with one attached hydrogen (secondary N) is 1. The smallest absolute Gasteiger partial charge is 0.0697 e. The Bertz CT molecular complexity index is 295. The fourth-order valence-corrected chi connectivity index (χ4v) is 4.15. The highest BCUT2D eigenvalue weighted by Gasteiger charge is 2.44. The quantitative estimate of drug-likeness (QED) is 0.846. The molecule has 1 N–H and O–H groups in total. The van der Waals surface area contributed by atoms with Gasteiger partial charge in [0, 0.05) is 31.3 Å². The number of hydrogen-bond donors (Lipinski definition) is 1. The van der Waals surface area contributed by atoms with E-state index in [-0.39, 0.29) is 5.60 Å². The van der Waals surface area contributed by atoms with Gasteiger partial charge < -0.3 is 10.1 Å². The highest BCUT2D eigenvalue weighted by atomic mass is 16.5. The monoisotopic (exact) mass is 266 g/mol. The Morgan fingerprint density at radius 1 is 1.26 bits per heavy atom. The highest BCUT2D eigenvalue weighted by molar-refractivity contribution is 4.97. The van der Waals surface area contributed by atoms with Crippen LogP contribution in [0.2, 0.25) is 0 Å². The van der Waals surface area contributed by atoms with E-state index in [1.807, 2.05) is 0 Å². The molecule has 0 bridgehead atoms. The van der Waals surface area contributed by atoms with Crippen LogP contribution < -0.4 is 5.32 Å². The first-order valence-electron chi connectivity index (χ1n) is 8.32. The molecule has 0 aromatic heterocycles. The minimum atomic E-state index is 0.277. The molecule has 19 heavy (non-hydrogen) atoms. The molecular weight excluding hydrogens is 236 g/mol. The first kappa shape index (κ1) is 13.8. The van der Waals surface area contributed by atoms with E-state index in [1.165, 1.54) is 58.0 Å². The molecule has 1 saturated carbocycles. The van der Waals surface area contributed by atoms with Gasteiger partial charge in [-0.3, -0.25) is 4.90 Å². The van der Waals surface area contributed by atoms with Crippen molar-refractivity contribution >= 4 is 0 Å². The second-order valence-electron chi connectivity index (χ2n) is 7.12. The lowest BCUT2D eigenvalue weighted by atomic mass is 9.73. The summed E-state index contributed by atoms with van der Waals surface area (Å²) in [5.41, 5.74) is 0.277. The second kappa shape index (κ2) is 5.71. The van der Waals surface area contributed by atoms with Crippen LogP contribution in [0.25, 0.3) is 0 Å². The van der Waals surface area contributed by atoms with Crippen LogP contribution in [0.1, 0.15) is 58.8 Å². The molecule has 3 aliphatic rings. The molecule has 2 heterocycles. The first-order valence-corrected chi connectivity index (χ1v) is 8.32. The Hall–Kier alpha value is -0.120. The highest BCUT2D eigenvalue weighted by Crippen LogP contribution is 2.43. The summed E-state index contributed by atoms with van der Waals surface area (Å²) in [6, 6.07) is 2.13. The number of hydrogen-bond acceptors (Lipinski definition) is 3. The molecule has 110 valence electrons. The van der Waals surface area contributed by atoms with E-state index >= 15 is 0 Å². The lowest BCUT2D eigenvalue weighted by Gasteiger charge is -2.50. The lowest BCUT2D eigenvalue weighted by Crippen LogP contribution is -2.55. The van der Waals surface area contributed by atoms with Crippen molar-refractivity contribution in [2.24, 2.45) is 0 Å². The van der Waals surface area contributed by atoms with Crippen LogP contribution in [0.5, 0.6) is 0 Å². The van der Waals surface area contributed by atoms with Crippen molar-refractivity contribution < 1.29 is 4.74 Å². The van der Waals surface area contributed by atoms with Crippen LogP contribution in [-0.4, -0.2) is 48.3 Å². The molecule has 1 spiro atoms. The van der Waals surface area contributed by atoms with Crippen molar-refractivity contribution in [2.45, 2.75) is 82.5 Å². The van der Waals surface area contributed by atoms with E-state index < -0.39 is 0 Å². The predicted octanol–water partition coefficient (Wildman–Crippen LogP) is 2.55. The molecule has 3 heteroatoms. The molecule has 2 saturated heterocycles. The molecule has 3 fully saturated rings. The van der Waals surface area contributed by atoms with Gasteiger partial charge in [-0.2, -0.15) is 0 Å². The lowest BCUT2D eigenvalue weighted by molar-refractivity contribution is -0.151. The zero-order valence-electron chi connectivity index (χ0n) is 12.7. The van der Waals surface area contributed by atoms with Crippen LogP contribution in [-0.2, 0) is 4.74 Å². The molecule has 0 aromatic rings. The van der Waals surface area contributed by atoms with E-state index in [9.17, 15) is 0 Å². The maximum Gasteiger partial charge on any atom is 0.0697 e. The summed E-state index contributed by atoms with van der Waals surface area (Å²) in [4.78, 5) is 2.76. The Labute approximate surface area is 118 Å². The second-order valence-corrected chi connectivity index (χ2v) is 7.12. The van der Waals surface area contributed by atoms with Crippen LogP contribution in [0, 0.1) is 0 Å². The molecule has 0 amide bonds. The van der Waals surface area contributed by atoms with Crippen molar-refractivity contribution in [3.63, 3.8) is 0 Å². The van der Waals surface area contributed by atoms with Gasteiger partial charge in [0.1, 0.15) is 0 Å². The normalized spacial score (nSPS) is 34.1. The summed E-state index contributed by atoms with van der Waals surface area (Å²) in [6.45, 7) is 8.15. The zero-order valence-corrected chi connectivity index (χ0v) is 12.7. The molecule has 3 nitrogen and oxygen atoms in total. The van der Waals surface area contributed by atoms with E-state index in [0.717, 1.165) is 18.7 Å². The third-order valence-electron chi connectivity index (χ3n) is 5.46. The summed E-state index contributed by atoms with van der Waals surface area (Å²) in [6.07, 6.45) is 9.20. The topological polar surface area (TPSA) is 24.5 Å². The summed E-state index contributed by atoms with van der Waals surface area (Å²) < 4.78 is 6.09. The summed E-state index contributed by atoms with van der Waals surface area (Å²) in [5.74, 6) is 0. The van der Waals surface area contributed by atoms with Crippen LogP contribution in [0.15, 0.2) is 0 Å². The minimum Gasteiger partial charge on any atom is -0.375 e. The van der Waals surface area contributed by atoms with Gasteiger partial charge in [-0.1, -0.05) is 0 Å². The van der Waals surface area contributed by atoms with Gasteiger partial charge in [0.25, 0.3) is 0 Å². The first-order chi connectivity index (χ1) is 9.19. The third kappa shape index (κ3) is 2.98. The van der Waals surface area contributed by atoms with Crippen molar-refractivity contribution in [1.29, 1.82) is 0 Å². The van der Waals surface area contributed by atoms with Gasteiger partial charge in [0.2, 0.25) is 0 Å². The SMILES string of the molecule is CC(C)N(CC1CCCN1)C1CCOC2(CCC2)C1. The standard InChI is InChI=1S/C16H30N2O/c1-13(2)18(12-14-5-3-9-17-14)15-6-10-19-16(11-15)7-4-8-16/h13-15,17H,3-12H2,1-2H3. The molecule has 2 unspecified atom stereocenters. The fraction of sp³-hybridized carbons (Fsp3) is 1.00. The molecule has 2 atom stereocenters. The molecule has 0 radical (unpaired) electrons. The maximum absolute atomic E-state index is 6.09. The van der Waals surface area contributed by atoms with Crippen molar-refractivity contribution in [1.82, 2.24) is 10.2 Å². The number of nitrogens with zero attached hydrogens (tertiary/aromatic N) is 1. The summed E-state index contributed by atoms with van der Waals surface area (Å²) in [7, 11) is 0. The van der Waals surface area contributed by atoms with E-state index in [1.54, 1.807) is 0 Å². The fourth-order valence-electron chi connectivity index (χ4n) is 4.15. The van der Waals surface area contributed by atoms with E-state index in [4.69, 9.17) is 4.74 Å². The van der Waals surface area contributed by atoms with Gasteiger partial charge in [-0.15, -0.1) is 0 Å². The van der Waals surface area contributed by atoms with Gasteiger partial charge in [0.05, 0.1) is 5.60 Å². The Morgan fingerprint density at radius 3 is 2.68 bits per heavy atom. The van der Waals surface area contributed by atoms with Crippen molar-refractivity contribution in [3.05, 3.63) is 0 Å². The molecule has 1 aliphatic carbocycles.